The number of carbonyl (C=O) groups is 1. The van der Waals surface area contributed by atoms with Crippen molar-refractivity contribution in [3.63, 3.8) is 0 Å². The van der Waals surface area contributed by atoms with Crippen LogP contribution in [0.4, 0.5) is 10.1 Å². The van der Waals surface area contributed by atoms with Gasteiger partial charge in [-0.3, -0.25) is 9.69 Å². The van der Waals surface area contributed by atoms with E-state index in [0.29, 0.717) is 13.1 Å². The minimum Gasteiger partial charge on any atom is -0.369 e. The van der Waals surface area contributed by atoms with Gasteiger partial charge in [0.2, 0.25) is 5.91 Å². The third-order valence-electron chi connectivity index (χ3n) is 4.32. The molecule has 0 aromatic heterocycles. The number of amides is 1. The normalized spacial score (nSPS) is 15.2. The SMILES string of the molecule is O=C(CN1CCN(c2cccc(Cl)c2)CC1)NCc1ccc(F)cc1. The molecule has 132 valence electrons. The van der Waals surface area contributed by atoms with Gasteiger partial charge in [-0.1, -0.05) is 29.8 Å². The molecule has 0 aliphatic carbocycles. The highest BCUT2D eigenvalue weighted by Gasteiger charge is 2.19. The Morgan fingerprint density at radius 3 is 2.48 bits per heavy atom. The van der Waals surface area contributed by atoms with Gasteiger partial charge in [0.05, 0.1) is 6.54 Å². The number of carbonyl (C=O) groups excluding carboxylic acids is 1. The molecule has 2 aromatic carbocycles. The Balaban J connectivity index is 1.42. The first-order chi connectivity index (χ1) is 12.1. The lowest BCUT2D eigenvalue weighted by Gasteiger charge is -2.35. The molecule has 1 amide bonds. The maximum absolute atomic E-state index is 12.9. The van der Waals surface area contributed by atoms with Crippen molar-refractivity contribution in [2.45, 2.75) is 6.54 Å². The minimum atomic E-state index is -0.271. The van der Waals surface area contributed by atoms with Gasteiger partial charge >= 0.3 is 0 Å². The lowest BCUT2D eigenvalue weighted by molar-refractivity contribution is -0.122. The molecule has 0 unspecified atom stereocenters. The molecule has 4 nitrogen and oxygen atoms in total. The Hall–Kier alpha value is -2.11. The number of nitrogens with one attached hydrogen (secondary N) is 1. The van der Waals surface area contributed by atoms with Crippen LogP contribution < -0.4 is 10.2 Å². The van der Waals surface area contributed by atoms with Gasteiger partial charge in [-0.05, 0) is 35.9 Å². The largest absolute Gasteiger partial charge is 0.369 e. The second-order valence-corrected chi connectivity index (χ2v) is 6.58. The van der Waals surface area contributed by atoms with Gasteiger partial charge in [-0.2, -0.15) is 0 Å². The molecular weight excluding hydrogens is 341 g/mol. The Bertz CT molecular complexity index is 715. The quantitative estimate of drug-likeness (QED) is 0.889. The number of anilines is 1. The van der Waals surface area contributed by atoms with E-state index < -0.39 is 0 Å². The molecule has 1 aliphatic rings. The second kappa shape index (κ2) is 8.32. The molecule has 6 heteroatoms. The molecule has 2 aromatic rings. The number of benzene rings is 2. The number of rotatable bonds is 5. The average Bonchev–Trinajstić information content (AvgIpc) is 2.62. The molecular formula is C19H21ClFN3O. The number of hydrogen-bond donors (Lipinski definition) is 1. The van der Waals surface area contributed by atoms with Crippen LogP contribution >= 0.6 is 11.6 Å². The van der Waals surface area contributed by atoms with Gasteiger partial charge in [0.25, 0.3) is 0 Å². The van der Waals surface area contributed by atoms with Crippen LogP contribution in [0.3, 0.4) is 0 Å². The first kappa shape index (κ1) is 17.7. The molecule has 0 atom stereocenters. The molecule has 0 saturated carbocycles. The predicted octanol–water partition coefficient (Wildman–Crippen LogP) is 2.92. The average molecular weight is 362 g/mol. The van der Waals surface area contributed by atoms with Crippen molar-refractivity contribution in [1.82, 2.24) is 10.2 Å². The van der Waals surface area contributed by atoms with Crippen molar-refractivity contribution in [3.05, 3.63) is 64.9 Å². The van der Waals surface area contributed by atoms with Crippen LogP contribution in [0.15, 0.2) is 48.5 Å². The number of nitrogens with zero attached hydrogens (tertiary/aromatic N) is 2. The van der Waals surface area contributed by atoms with Crippen LogP contribution in [0.25, 0.3) is 0 Å². The Kier molecular flexibility index (Phi) is 5.89. The molecule has 1 aliphatic heterocycles. The third-order valence-corrected chi connectivity index (χ3v) is 4.55. The second-order valence-electron chi connectivity index (χ2n) is 6.15. The summed E-state index contributed by atoms with van der Waals surface area (Å²) in [5.41, 5.74) is 2.01. The Labute approximate surface area is 152 Å². The zero-order valence-electron chi connectivity index (χ0n) is 13.9. The van der Waals surface area contributed by atoms with Crippen molar-refractivity contribution >= 4 is 23.2 Å². The standard InChI is InChI=1S/C19H21ClFN3O/c20-16-2-1-3-18(12-16)24-10-8-23(9-11-24)14-19(25)22-13-15-4-6-17(21)7-5-15/h1-7,12H,8-11,13-14H2,(H,22,25). The summed E-state index contributed by atoms with van der Waals surface area (Å²) in [6, 6.07) is 14.0. The van der Waals surface area contributed by atoms with Gasteiger partial charge < -0.3 is 10.2 Å². The molecule has 0 radical (unpaired) electrons. The molecule has 1 fully saturated rings. The number of halogens is 2. The van der Waals surface area contributed by atoms with Crippen molar-refractivity contribution in [3.8, 4) is 0 Å². The van der Waals surface area contributed by atoms with Crippen LogP contribution in [0.2, 0.25) is 5.02 Å². The summed E-state index contributed by atoms with van der Waals surface area (Å²) in [7, 11) is 0. The van der Waals surface area contributed by atoms with Crippen LogP contribution in [-0.2, 0) is 11.3 Å². The number of piperazine rings is 1. The van der Waals surface area contributed by atoms with E-state index in [1.165, 1.54) is 12.1 Å². The molecule has 0 spiro atoms. The number of hydrogen-bond acceptors (Lipinski definition) is 3. The van der Waals surface area contributed by atoms with E-state index in [2.05, 4.69) is 21.2 Å². The van der Waals surface area contributed by atoms with Crippen molar-refractivity contribution < 1.29 is 9.18 Å². The molecule has 25 heavy (non-hydrogen) atoms. The zero-order valence-corrected chi connectivity index (χ0v) is 14.7. The third kappa shape index (κ3) is 5.18. The molecule has 1 saturated heterocycles. The lowest BCUT2D eigenvalue weighted by atomic mass is 10.2. The summed E-state index contributed by atoms with van der Waals surface area (Å²) in [5.74, 6) is -0.284. The summed E-state index contributed by atoms with van der Waals surface area (Å²) in [6.45, 7) is 4.19. The van der Waals surface area contributed by atoms with E-state index in [-0.39, 0.29) is 11.7 Å². The van der Waals surface area contributed by atoms with Gasteiger partial charge in [0.15, 0.2) is 0 Å². The van der Waals surface area contributed by atoms with Gasteiger partial charge in [0, 0.05) is 43.4 Å². The maximum Gasteiger partial charge on any atom is 0.234 e. The van der Waals surface area contributed by atoms with Crippen molar-refractivity contribution in [1.29, 1.82) is 0 Å². The topological polar surface area (TPSA) is 35.6 Å². The monoisotopic (exact) mass is 361 g/mol. The highest BCUT2D eigenvalue weighted by Crippen LogP contribution is 2.20. The van der Waals surface area contributed by atoms with E-state index in [1.54, 1.807) is 12.1 Å². The van der Waals surface area contributed by atoms with E-state index in [9.17, 15) is 9.18 Å². The van der Waals surface area contributed by atoms with E-state index in [1.807, 2.05) is 18.2 Å². The van der Waals surface area contributed by atoms with Crippen LogP contribution in [0, 0.1) is 5.82 Å². The van der Waals surface area contributed by atoms with E-state index in [0.717, 1.165) is 42.5 Å². The fraction of sp³-hybridized carbons (Fsp3) is 0.316. The lowest BCUT2D eigenvalue weighted by Crippen LogP contribution is -2.49. The van der Waals surface area contributed by atoms with Crippen LogP contribution in [0.5, 0.6) is 0 Å². The fourth-order valence-electron chi connectivity index (χ4n) is 2.90. The molecule has 0 bridgehead atoms. The first-order valence-corrected chi connectivity index (χ1v) is 8.72. The fourth-order valence-corrected chi connectivity index (χ4v) is 3.08. The van der Waals surface area contributed by atoms with Crippen molar-refractivity contribution in [2.75, 3.05) is 37.6 Å². The highest BCUT2D eigenvalue weighted by atomic mass is 35.5. The minimum absolute atomic E-state index is 0.0134. The summed E-state index contributed by atoms with van der Waals surface area (Å²) in [5, 5.41) is 3.62. The van der Waals surface area contributed by atoms with Gasteiger partial charge in [-0.25, -0.2) is 4.39 Å². The first-order valence-electron chi connectivity index (χ1n) is 8.34. The zero-order chi connectivity index (χ0) is 17.6. The summed E-state index contributed by atoms with van der Waals surface area (Å²) >= 11 is 6.04. The van der Waals surface area contributed by atoms with Gasteiger partial charge in [-0.15, -0.1) is 0 Å². The smallest absolute Gasteiger partial charge is 0.234 e. The summed E-state index contributed by atoms with van der Waals surface area (Å²) < 4.78 is 12.9. The highest BCUT2D eigenvalue weighted by molar-refractivity contribution is 6.30. The van der Waals surface area contributed by atoms with Gasteiger partial charge in [0.1, 0.15) is 5.82 Å². The van der Waals surface area contributed by atoms with E-state index >= 15 is 0 Å². The molecule has 1 heterocycles. The Morgan fingerprint density at radius 1 is 1.08 bits per heavy atom. The van der Waals surface area contributed by atoms with Crippen LogP contribution in [-0.4, -0.2) is 43.5 Å². The maximum atomic E-state index is 12.9. The predicted molar refractivity (Wildman–Crippen MR) is 98.4 cm³/mol. The van der Waals surface area contributed by atoms with Crippen LogP contribution in [0.1, 0.15) is 5.56 Å². The molecule has 3 rings (SSSR count). The summed E-state index contributed by atoms with van der Waals surface area (Å²) in [4.78, 5) is 16.5. The van der Waals surface area contributed by atoms with E-state index in [4.69, 9.17) is 11.6 Å². The molecule has 1 N–H and O–H groups in total. The van der Waals surface area contributed by atoms with Crippen molar-refractivity contribution in [2.24, 2.45) is 0 Å². The summed E-state index contributed by atoms with van der Waals surface area (Å²) in [6.07, 6.45) is 0. The Morgan fingerprint density at radius 2 is 1.80 bits per heavy atom.